The third kappa shape index (κ3) is 3.97. The van der Waals surface area contributed by atoms with E-state index in [1.54, 1.807) is 32.9 Å². The van der Waals surface area contributed by atoms with Crippen LogP contribution in [0.5, 0.6) is 5.75 Å². The van der Waals surface area contributed by atoms with Crippen LogP contribution in [0.25, 0.3) is 0 Å². The number of carboxylic acid groups (broad SMARTS) is 1. The molecule has 1 aromatic rings. The molecule has 21 heavy (non-hydrogen) atoms. The van der Waals surface area contributed by atoms with Crippen LogP contribution in [0.15, 0.2) is 18.2 Å². The van der Waals surface area contributed by atoms with Crippen LogP contribution in [0.1, 0.15) is 32.8 Å². The van der Waals surface area contributed by atoms with Crippen molar-refractivity contribution in [2.24, 2.45) is 11.3 Å². The van der Waals surface area contributed by atoms with E-state index in [1.807, 2.05) is 13.0 Å². The van der Waals surface area contributed by atoms with Gasteiger partial charge >= 0.3 is 5.97 Å². The molecule has 0 spiro atoms. The van der Waals surface area contributed by atoms with Gasteiger partial charge in [-0.2, -0.15) is 0 Å². The smallest absolute Gasteiger partial charge is 0.310 e. The molecule has 1 atom stereocenters. The highest BCUT2D eigenvalue weighted by molar-refractivity contribution is 5.95. The number of hydrogen-bond donors (Lipinski definition) is 2. The summed E-state index contributed by atoms with van der Waals surface area (Å²) in [6.45, 7) is 7.10. The number of aliphatic carboxylic acids is 1. The summed E-state index contributed by atoms with van der Waals surface area (Å²) in [6.07, 6.45) is -0.0862. The van der Waals surface area contributed by atoms with E-state index in [4.69, 9.17) is 4.74 Å². The molecule has 1 aromatic carbocycles. The zero-order chi connectivity index (χ0) is 16.2. The maximum Gasteiger partial charge on any atom is 0.310 e. The zero-order valence-corrected chi connectivity index (χ0v) is 13.2. The van der Waals surface area contributed by atoms with E-state index in [0.29, 0.717) is 11.4 Å². The Balaban J connectivity index is 2.92. The molecule has 0 aliphatic carbocycles. The number of nitrogens with one attached hydrogen (secondary N) is 1. The van der Waals surface area contributed by atoms with Gasteiger partial charge in [0.1, 0.15) is 5.75 Å². The summed E-state index contributed by atoms with van der Waals surface area (Å²) < 4.78 is 5.20. The van der Waals surface area contributed by atoms with Crippen molar-refractivity contribution >= 4 is 17.6 Å². The summed E-state index contributed by atoms with van der Waals surface area (Å²) in [5, 5.41) is 12.1. The Bertz CT molecular complexity index is 539. The number of rotatable bonds is 6. The van der Waals surface area contributed by atoms with Crippen LogP contribution in [0.2, 0.25) is 0 Å². The van der Waals surface area contributed by atoms with Crippen molar-refractivity contribution in [3.8, 4) is 5.75 Å². The molecular formula is C16H23NO4. The molecule has 5 nitrogen and oxygen atoms in total. The molecule has 0 bridgehead atoms. The van der Waals surface area contributed by atoms with Gasteiger partial charge in [-0.15, -0.1) is 0 Å². The third-order valence-electron chi connectivity index (χ3n) is 3.92. The Hall–Kier alpha value is -2.04. The highest BCUT2D eigenvalue weighted by Crippen LogP contribution is 2.33. The first-order chi connectivity index (χ1) is 9.70. The Kier molecular flexibility index (Phi) is 5.35. The minimum atomic E-state index is -1.10. The van der Waals surface area contributed by atoms with Gasteiger partial charge in [0.05, 0.1) is 18.2 Å². The number of carboxylic acids is 1. The number of aryl methyl sites for hydroxylation is 1. The molecule has 0 radical (unpaired) electrons. The monoisotopic (exact) mass is 293 g/mol. The molecule has 2 N–H and O–H groups in total. The second kappa shape index (κ2) is 6.61. The average Bonchev–Trinajstić information content (AvgIpc) is 2.38. The fourth-order valence-corrected chi connectivity index (χ4v) is 1.97. The highest BCUT2D eigenvalue weighted by atomic mass is 16.5. The number of amides is 1. The number of hydrogen-bond acceptors (Lipinski definition) is 3. The second-order valence-electron chi connectivity index (χ2n) is 5.81. The quantitative estimate of drug-likeness (QED) is 0.845. The van der Waals surface area contributed by atoms with Gasteiger partial charge in [0.2, 0.25) is 5.91 Å². The molecule has 5 heteroatoms. The van der Waals surface area contributed by atoms with Crippen LogP contribution < -0.4 is 10.1 Å². The molecule has 1 rings (SSSR count). The van der Waals surface area contributed by atoms with Crippen molar-refractivity contribution in [1.82, 2.24) is 0 Å². The number of benzene rings is 1. The maximum atomic E-state index is 12.2. The average molecular weight is 293 g/mol. The van der Waals surface area contributed by atoms with Crippen LogP contribution in [0.4, 0.5) is 5.69 Å². The molecular weight excluding hydrogens is 270 g/mol. The summed E-state index contributed by atoms with van der Waals surface area (Å²) in [6, 6.07) is 5.44. The lowest BCUT2D eigenvalue weighted by atomic mass is 9.76. The molecule has 0 fully saturated rings. The summed E-state index contributed by atoms with van der Waals surface area (Å²) in [5.74, 6) is -0.906. The first-order valence-corrected chi connectivity index (χ1v) is 6.88. The molecule has 0 aromatic heterocycles. The lowest BCUT2D eigenvalue weighted by Crippen LogP contribution is -2.37. The molecule has 116 valence electrons. The van der Waals surface area contributed by atoms with Crippen molar-refractivity contribution < 1.29 is 19.4 Å². The van der Waals surface area contributed by atoms with Crippen molar-refractivity contribution in [2.45, 2.75) is 34.1 Å². The predicted molar refractivity (Wildman–Crippen MR) is 81.6 cm³/mol. The Labute approximate surface area is 125 Å². The summed E-state index contributed by atoms with van der Waals surface area (Å²) in [5.41, 5.74) is 0.441. The topological polar surface area (TPSA) is 75.6 Å². The van der Waals surface area contributed by atoms with Crippen LogP contribution in [0, 0.1) is 18.3 Å². The van der Waals surface area contributed by atoms with Crippen LogP contribution in [-0.4, -0.2) is 24.1 Å². The number of ether oxygens (including phenoxy) is 1. The SMILES string of the molecule is COc1ccc(C)cc1NC(=O)CC(C)(C(=O)O)C(C)C. The first-order valence-electron chi connectivity index (χ1n) is 6.88. The van der Waals surface area contributed by atoms with E-state index < -0.39 is 11.4 Å². The van der Waals surface area contributed by atoms with Crippen molar-refractivity contribution in [3.63, 3.8) is 0 Å². The van der Waals surface area contributed by atoms with Crippen molar-refractivity contribution in [2.75, 3.05) is 12.4 Å². The standard InChI is InChI=1S/C16H23NO4/c1-10(2)16(4,15(19)20)9-14(18)17-12-8-11(3)6-7-13(12)21-5/h6-8,10H,9H2,1-5H3,(H,17,18)(H,19,20). The fourth-order valence-electron chi connectivity index (χ4n) is 1.97. The number of anilines is 1. The van der Waals surface area contributed by atoms with Crippen molar-refractivity contribution in [3.05, 3.63) is 23.8 Å². The number of carbonyl (C=O) groups excluding carboxylic acids is 1. The molecule has 0 heterocycles. The van der Waals surface area contributed by atoms with E-state index in [-0.39, 0.29) is 18.2 Å². The maximum absolute atomic E-state index is 12.2. The zero-order valence-electron chi connectivity index (χ0n) is 13.2. The van der Waals surface area contributed by atoms with Crippen LogP contribution in [-0.2, 0) is 9.59 Å². The van der Waals surface area contributed by atoms with Gasteiger partial charge in [-0.3, -0.25) is 9.59 Å². The van der Waals surface area contributed by atoms with E-state index in [0.717, 1.165) is 5.56 Å². The lowest BCUT2D eigenvalue weighted by molar-refractivity contribution is -0.153. The summed E-state index contributed by atoms with van der Waals surface area (Å²) >= 11 is 0. The highest BCUT2D eigenvalue weighted by Gasteiger charge is 2.38. The molecule has 0 aliphatic heterocycles. The summed E-state index contributed by atoms with van der Waals surface area (Å²) in [7, 11) is 1.52. The first kappa shape index (κ1) is 17.0. The Morgan fingerprint density at radius 1 is 1.38 bits per heavy atom. The predicted octanol–water partition coefficient (Wildman–Crippen LogP) is 3.08. The van der Waals surface area contributed by atoms with Crippen molar-refractivity contribution in [1.29, 1.82) is 0 Å². The van der Waals surface area contributed by atoms with Gasteiger partial charge in [-0.05, 0) is 37.5 Å². The Morgan fingerprint density at radius 2 is 2.00 bits per heavy atom. The van der Waals surface area contributed by atoms with E-state index >= 15 is 0 Å². The van der Waals surface area contributed by atoms with Crippen LogP contribution in [0.3, 0.4) is 0 Å². The van der Waals surface area contributed by atoms with Gasteiger partial charge < -0.3 is 15.2 Å². The molecule has 1 unspecified atom stereocenters. The third-order valence-corrected chi connectivity index (χ3v) is 3.92. The number of methoxy groups -OCH3 is 1. The van der Waals surface area contributed by atoms with E-state index in [1.165, 1.54) is 7.11 Å². The minimum Gasteiger partial charge on any atom is -0.495 e. The molecule has 0 saturated carbocycles. The fraction of sp³-hybridized carbons (Fsp3) is 0.500. The minimum absolute atomic E-state index is 0.0862. The van der Waals surface area contributed by atoms with Gasteiger partial charge in [-0.1, -0.05) is 19.9 Å². The summed E-state index contributed by atoms with van der Waals surface area (Å²) in [4.78, 5) is 23.6. The molecule has 1 amide bonds. The van der Waals surface area contributed by atoms with E-state index in [2.05, 4.69) is 5.32 Å². The van der Waals surface area contributed by atoms with Gasteiger partial charge in [0, 0.05) is 6.42 Å². The lowest BCUT2D eigenvalue weighted by Gasteiger charge is -2.28. The van der Waals surface area contributed by atoms with Crippen LogP contribution >= 0.6 is 0 Å². The second-order valence-corrected chi connectivity index (χ2v) is 5.81. The van der Waals surface area contributed by atoms with Gasteiger partial charge in [-0.25, -0.2) is 0 Å². The number of carbonyl (C=O) groups is 2. The van der Waals surface area contributed by atoms with E-state index in [9.17, 15) is 14.7 Å². The largest absolute Gasteiger partial charge is 0.495 e. The van der Waals surface area contributed by atoms with Gasteiger partial charge in [0.15, 0.2) is 0 Å². The van der Waals surface area contributed by atoms with Gasteiger partial charge in [0.25, 0.3) is 0 Å². The molecule has 0 aliphatic rings. The molecule has 0 saturated heterocycles. The Morgan fingerprint density at radius 3 is 2.48 bits per heavy atom. The normalized spacial score (nSPS) is 13.6.